The number of aryl methyl sites for hydroxylation is 1. The number of phenols is 1. The number of phenolic OH excluding ortho intramolecular Hbond substituents is 1. The Morgan fingerprint density at radius 3 is 1.79 bits per heavy atom. The summed E-state index contributed by atoms with van der Waals surface area (Å²) in [4.78, 5) is 0. The number of rotatable bonds is 5. The Balaban J connectivity index is 1.95. The molecule has 0 radical (unpaired) electrons. The van der Waals surface area contributed by atoms with Gasteiger partial charge in [-0.15, -0.1) is 0 Å². The van der Waals surface area contributed by atoms with Gasteiger partial charge < -0.3 is 14.2 Å². The van der Waals surface area contributed by atoms with E-state index in [1.54, 1.807) is 48.5 Å². The highest BCUT2D eigenvalue weighted by atomic mass is 31.2. The molecule has 0 spiro atoms. The topological polar surface area (TPSA) is 55.8 Å². The van der Waals surface area contributed by atoms with Crippen LogP contribution in [0.25, 0.3) is 0 Å². The van der Waals surface area contributed by atoms with Gasteiger partial charge in [0.2, 0.25) is 0 Å². The summed E-state index contributed by atoms with van der Waals surface area (Å²) >= 11 is 0. The third kappa shape index (κ3) is 3.79. The third-order valence-corrected chi connectivity index (χ3v) is 5.21. The maximum Gasteiger partial charge on any atom is 0.462 e. The number of hydrogen-bond acceptors (Lipinski definition) is 4. The summed E-state index contributed by atoms with van der Waals surface area (Å²) in [5, 5.41) is 9.83. The summed E-state index contributed by atoms with van der Waals surface area (Å²) in [7, 11) is -3.63. The third-order valence-electron chi connectivity index (χ3n) is 3.38. The van der Waals surface area contributed by atoms with Crippen molar-refractivity contribution in [2.45, 2.75) is 6.92 Å². The van der Waals surface area contributed by atoms with Gasteiger partial charge >= 0.3 is 7.60 Å². The Labute approximate surface area is 140 Å². The molecule has 0 aliphatic rings. The fourth-order valence-corrected chi connectivity index (χ4v) is 3.70. The van der Waals surface area contributed by atoms with Gasteiger partial charge in [-0.25, -0.2) is 4.57 Å². The molecule has 0 saturated heterocycles. The van der Waals surface area contributed by atoms with Crippen molar-refractivity contribution in [1.29, 1.82) is 0 Å². The molecule has 0 aliphatic carbocycles. The van der Waals surface area contributed by atoms with E-state index in [1.165, 1.54) is 12.1 Å². The van der Waals surface area contributed by atoms with Crippen molar-refractivity contribution < 1.29 is 18.7 Å². The lowest BCUT2D eigenvalue weighted by Gasteiger charge is -2.20. The Bertz CT molecular complexity index is 791. The average molecular weight is 340 g/mol. The molecule has 24 heavy (non-hydrogen) atoms. The molecule has 3 aromatic carbocycles. The van der Waals surface area contributed by atoms with Crippen LogP contribution in [-0.2, 0) is 4.57 Å². The second-order valence-electron chi connectivity index (χ2n) is 5.32. The summed E-state index contributed by atoms with van der Waals surface area (Å²) in [6.45, 7) is 1.97. The number of hydrogen-bond donors (Lipinski definition) is 1. The summed E-state index contributed by atoms with van der Waals surface area (Å²) in [6, 6.07) is 22.1. The molecule has 0 aromatic heterocycles. The maximum absolute atomic E-state index is 13.4. The van der Waals surface area contributed by atoms with Gasteiger partial charge in [0, 0.05) is 0 Å². The van der Waals surface area contributed by atoms with Crippen LogP contribution in [0.3, 0.4) is 0 Å². The molecule has 1 atom stereocenters. The van der Waals surface area contributed by atoms with Gasteiger partial charge in [-0.05, 0) is 55.5 Å². The summed E-state index contributed by atoms with van der Waals surface area (Å²) < 4.78 is 24.9. The lowest BCUT2D eigenvalue weighted by atomic mass is 10.2. The van der Waals surface area contributed by atoms with E-state index in [0.29, 0.717) is 16.8 Å². The van der Waals surface area contributed by atoms with Crippen molar-refractivity contribution >= 4 is 12.9 Å². The zero-order chi connectivity index (χ0) is 17.0. The number of aromatic hydroxyl groups is 1. The van der Waals surface area contributed by atoms with Gasteiger partial charge in [0.25, 0.3) is 0 Å². The fourth-order valence-electron chi connectivity index (χ4n) is 2.12. The van der Waals surface area contributed by atoms with Crippen LogP contribution in [0.4, 0.5) is 0 Å². The lowest BCUT2D eigenvalue weighted by molar-refractivity contribution is 0.398. The first-order chi connectivity index (χ1) is 11.5. The summed E-state index contributed by atoms with van der Waals surface area (Å²) in [5.41, 5.74) is 1.08. The van der Waals surface area contributed by atoms with E-state index in [0.717, 1.165) is 5.56 Å². The van der Waals surface area contributed by atoms with E-state index in [1.807, 2.05) is 25.1 Å². The van der Waals surface area contributed by atoms with Crippen LogP contribution >= 0.6 is 7.60 Å². The van der Waals surface area contributed by atoms with Gasteiger partial charge in [-0.3, -0.25) is 0 Å². The fraction of sp³-hybridized carbons (Fsp3) is 0.0526. The highest BCUT2D eigenvalue weighted by Crippen LogP contribution is 2.47. The molecule has 0 amide bonds. The predicted molar refractivity (Wildman–Crippen MR) is 94.2 cm³/mol. The maximum atomic E-state index is 13.4. The van der Waals surface area contributed by atoms with Crippen LogP contribution in [-0.4, -0.2) is 5.11 Å². The first-order valence-corrected chi connectivity index (χ1v) is 9.00. The second-order valence-corrected chi connectivity index (χ2v) is 7.20. The highest BCUT2D eigenvalue weighted by molar-refractivity contribution is 7.63. The first-order valence-electron chi connectivity index (χ1n) is 7.46. The zero-order valence-electron chi connectivity index (χ0n) is 13.1. The molecule has 1 unspecified atom stereocenters. The minimum atomic E-state index is -3.63. The van der Waals surface area contributed by atoms with Crippen molar-refractivity contribution in [2.75, 3.05) is 0 Å². The van der Waals surface area contributed by atoms with Gasteiger partial charge in [-0.2, -0.15) is 0 Å². The number of benzene rings is 3. The minimum Gasteiger partial charge on any atom is -0.508 e. The van der Waals surface area contributed by atoms with Crippen molar-refractivity contribution in [3.8, 4) is 17.2 Å². The van der Waals surface area contributed by atoms with Gasteiger partial charge in [-0.1, -0.05) is 35.9 Å². The van der Waals surface area contributed by atoms with Crippen LogP contribution in [0.5, 0.6) is 17.2 Å². The zero-order valence-corrected chi connectivity index (χ0v) is 14.0. The van der Waals surface area contributed by atoms with Crippen LogP contribution in [0, 0.1) is 6.92 Å². The molecule has 0 saturated carbocycles. The monoisotopic (exact) mass is 340 g/mol. The van der Waals surface area contributed by atoms with Crippen molar-refractivity contribution in [2.24, 2.45) is 0 Å². The van der Waals surface area contributed by atoms with Crippen LogP contribution in [0.1, 0.15) is 5.56 Å². The molecule has 4 nitrogen and oxygen atoms in total. The van der Waals surface area contributed by atoms with Gasteiger partial charge in [0.15, 0.2) is 0 Å². The van der Waals surface area contributed by atoms with E-state index in [4.69, 9.17) is 9.05 Å². The second kappa shape index (κ2) is 6.81. The van der Waals surface area contributed by atoms with E-state index in [-0.39, 0.29) is 5.75 Å². The molecule has 0 fully saturated rings. The Morgan fingerprint density at radius 1 is 0.750 bits per heavy atom. The van der Waals surface area contributed by atoms with Crippen molar-refractivity contribution in [3.05, 3.63) is 84.4 Å². The SMILES string of the molecule is Cc1ccc(OP(=O)(Oc2ccc(O)cc2)c2ccccc2)cc1. The first kappa shape index (κ1) is 16.2. The van der Waals surface area contributed by atoms with Crippen LogP contribution in [0.15, 0.2) is 78.9 Å². The molecule has 1 N–H and O–H groups in total. The van der Waals surface area contributed by atoms with Gasteiger partial charge in [0.05, 0.1) is 5.30 Å². The Morgan fingerprint density at radius 2 is 1.25 bits per heavy atom. The molecule has 0 aliphatic heterocycles. The molecule has 3 aromatic rings. The normalized spacial score (nSPS) is 13.0. The minimum absolute atomic E-state index is 0.108. The van der Waals surface area contributed by atoms with E-state index < -0.39 is 7.60 Å². The van der Waals surface area contributed by atoms with E-state index in [9.17, 15) is 9.67 Å². The molecular weight excluding hydrogens is 323 g/mol. The largest absolute Gasteiger partial charge is 0.508 e. The molecule has 3 rings (SSSR count). The quantitative estimate of drug-likeness (QED) is 0.685. The highest BCUT2D eigenvalue weighted by Gasteiger charge is 2.31. The van der Waals surface area contributed by atoms with Gasteiger partial charge in [0.1, 0.15) is 17.2 Å². The Hall–Kier alpha value is -2.71. The van der Waals surface area contributed by atoms with Crippen LogP contribution < -0.4 is 14.4 Å². The predicted octanol–water partition coefficient (Wildman–Crippen LogP) is 4.68. The molecule has 0 heterocycles. The molecule has 0 bridgehead atoms. The molecule has 5 heteroatoms. The van der Waals surface area contributed by atoms with Crippen molar-refractivity contribution in [3.63, 3.8) is 0 Å². The summed E-state index contributed by atoms with van der Waals surface area (Å²) in [6.07, 6.45) is 0. The molecule has 122 valence electrons. The molecular formula is C19H17O4P. The van der Waals surface area contributed by atoms with E-state index >= 15 is 0 Å². The smallest absolute Gasteiger partial charge is 0.462 e. The summed E-state index contributed by atoms with van der Waals surface area (Å²) in [5.74, 6) is 0.926. The lowest BCUT2D eigenvalue weighted by Crippen LogP contribution is -2.14. The standard InChI is InChI=1S/C19H17O4P/c1-15-7-11-17(12-8-15)22-24(21,19-5-3-2-4-6-19)23-18-13-9-16(20)10-14-18/h2-14,20H,1H3. The average Bonchev–Trinajstić information content (AvgIpc) is 2.60. The Kier molecular flexibility index (Phi) is 4.59. The van der Waals surface area contributed by atoms with E-state index in [2.05, 4.69) is 0 Å². The van der Waals surface area contributed by atoms with Crippen molar-refractivity contribution in [1.82, 2.24) is 0 Å². The van der Waals surface area contributed by atoms with Crippen LogP contribution in [0.2, 0.25) is 0 Å².